The molecule has 1 aliphatic rings. The van der Waals surface area contributed by atoms with Crippen molar-refractivity contribution in [1.29, 1.82) is 0 Å². The fraction of sp³-hybridized carbons (Fsp3) is 0.435. The molecule has 2 aromatic heterocycles. The summed E-state index contributed by atoms with van der Waals surface area (Å²) in [5.74, 6) is -0.0371. The Morgan fingerprint density at radius 2 is 1.93 bits per heavy atom. The zero-order valence-electron chi connectivity index (χ0n) is 17.5. The molecule has 0 saturated carbocycles. The van der Waals surface area contributed by atoms with Crippen LogP contribution < -0.4 is 5.32 Å². The molecule has 4 rings (SSSR count). The number of amides is 1. The molecule has 1 N–H and O–H groups in total. The third kappa shape index (κ3) is 4.48. The van der Waals surface area contributed by atoms with Crippen LogP contribution in [0.4, 0.5) is 0 Å². The topological polar surface area (TPSA) is 63.1 Å². The van der Waals surface area contributed by atoms with Gasteiger partial charge in [0.1, 0.15) is 0 Å². The van der Waals surface area contributed by atoms with E-state index in [2.05, 4.69) is 28.3 Å². The second-order valence-corrected chi connectivity index (χ2v) is 8.15. The molecule has 1 amide bonds. The maximum atomic E-state index is 13.1. The minimum atomic E-state index is -0.0371. The summed E-state index contributed by atoms with van der Waals surface area (Å²) >= 11 is 0. The van der Waals surface area contributed by atoms with E-state index in [0.29, 0.717) is 12.1 Å². The molecule has 1 atom stereocenters. The minimum Gasteiger partial charge on any atom is -0.348 e. The number of aromatic nitrogens is 3. The molecule has 1 aromatic carbocycles. The number of benzene rings is 1. The SMILES string of the molecule is Cc1cc(C)n(Cc2cc(C(=O)N[C@@H](C)CN3CCCC3)c3ccccc3n2)n1. The number of likely N-dealkylation sites (tertiary alicyclic amines) is 1. The van der Waals surface area contributed by atoms with Crippen molar-refractivity contribution in [2.75, 3.05) is 19.6 Å². The van der Waals surface area contributed by atoms with Crippen LogP contribution in [0.25, 0.3) is 10.9 Å². The van der Waals surface area contributed by atoms with Gasteiger partial charge in [-0.25, -0.2) is 0 Å². The summed E-state index contributed by atoms with van der Waals surface area (Å²) in [6.45, 7) is 9.81. The summed E-state index contributed by atoms with van der Waals surface area (Å²) in [5.41, 5.74) is 4.43. The highest BCUT2D eigenvalue weighted by atomic mass is 16.1. The minimum absolute atomic E-state index is 0.0371. The van der Waals surface area contributed by atoms with E-state index in [1.54, 1.807) is 0 Å². The van der Waals surface area contributed by atoms with Crippen molar-refractivity contribution in [3.05, 3.63) is 59.0 Å². The number of para-hydroxylation sites is 1. The van der Waals surface area contributed by atoms with Gasteiger partial charge < -0.3 is 10.2 Å². The van der Waals surface area contributed by atoms with Crippen LogP contribution in [0.5, 0.6) is 0 Å². The van der Waals surface area contributed by atoms with E-state index in [4.69, 9.17) is 4.98 Å². The van der Waals surface area contributed by atoms with Crippen LogP contribution in [0.3, 0.4) is 0 Å². The third-order valence-electron chi connectivity index (χ3n) is 5.54. The number of rotatable bonds is 6. The van der Waals surface area contributed by atoms with Gasteiger partial charge in [-0.2, -0.15) is 5.10 Å². The van der Waals surface area contributed by atoms with Crippen molar-refractivity contribution in [3.63, 3.8) is 0 Å². The number of hydrogen-bond acceptors (Lipinski definition) is 4. The smallest absolute Gasteiger partial charge is 0.252 e. The molecule has 3 heterocycles. The fourth-order valence-corrected chi connectivity index (χ4v) is 4.19. The zero-order valence-corrected chi connectivity index (χ0v) is 17.5. The van der Waals surface area contributed by atoms with E-state index in [1.807, 2.05) is 48.9 Å². The van der Waals surface area contributed by atoms with Gasteiger partial charge in [-0.3, -0.25) is 14.5 Å². The first kappa shape index (κ1) is 19.6. The maximum Gasteiger partial charge on any atom is 0.252 e. The fourth-order valence-electron chi connectivity index (χ4n) is 4.19. The first-order chi connectivity index (χ1) is 14.0. The van der Waals surface area contributed by atoms with Crippen LogP contribution in [-0.2, 0) is 6.54 Å². The molecular formula is C23H29N5O. The summed E-state index contributed by atoms with van der Waals surface area (Å²) in [6, 6.07) is 11.9. The van der Waals surface area contributed by atoms with Crippen LogP contribution >= 0.6 is 0 Å². The van der Waals surface area contributed by atoms with Gasteiger partial charge in [0.25, 0.3) is 5.91 Å². The lowest BCUT2D eigenvalue weighted by Gasteiger charge is -2.21. The molecule has 0 radical (unpaired) electrons. The van der Waals surface area contributed by atoms with E-state index in [9.17, 15) is 4.79 Å². The van der Waals surface area contributed by atoms with Gasteiger partial charge in [0.15, 0.2) is 0 Å². The molecule has 0 aliphatic carbocycles. The van der Waals surface area contributed by atoms with Gasteiger partial charge in [-0.05, 0) is 64.9 Å². The predicted octanol–water partition coefficient (Wildman–Crippen LogP) is 3.31. The Hall–Kier alpha value is -2.73. The average molecular weight is 392 g/mol. The molecule has 152 valence electrons. The first-order valence-corrected chi connectivity index (χ1v) is 10.4. The van der Waals surface area contributed by atoms with E-state index in [0.717, 1.165) is 47.6 Å². The number of aryl methyl sites for hydroxylation is 2. The standard InChI is InChI=1S/C23H29N5O/c1-16-12-18(3)28(26-16)15-19-13-21(20-8-4-5-9-22(20)25-19)23(29)24-17(2)14-27-10-6-7-11-27/h4-5,8-9,12-13,17H,6-7,10-11,14-15H2,1-3H3,(H,24,29)/t17-/m0/s1. The normalized spacial score (nSPS) is 15.7. The number of nitrogens with one attached hydrogen (secondary N) is 1. The van der Waals surface area contributed by atoms with Gasteiger partial charge in [-0.15, -0.1) is 0 Å². The Kier molecular flexibility index (Phi) is 5.62. The second kappa shape index (κ2) is 8.33. The lowest BCUT2D eigenvalue weighted by molar-refractivity contribution is 0.0933. The molecular weight excluding hydrogens is 362 g/mol. The molecule has 0 spiro atoms. The number of nitrogens with zero attached hydrogens (tertiary/aromatic N) is 4. The van der Waals surface area contributed by atoms with Gasteiger partial charge >= 0.3 is 0 Å². The number of hydrogen-bond donors (Lipinski definition) is 1. The summed E-state index contributed by atoms with van der Waals surface area (Å²) in [4.78, 5) is 20.3. The number of fused-ring (bicyclic) bond motifs is 1. The highest BCUT2D eigenvalue weighted by Gasteiger charge is 2.19. The molecule has 3 aromatic rings. The Bertz CT molecular complexity index is 1020. The van der Waals surface area contributed by atoms with Crippen LogP contribution in [0.2, 0.25) is 0 Å². The predicted molar refractivity (Wildman–Crippen MR) is 115 cm³/mol. The monoisotopic (exact) mass is 391 g/mol. The molecule has 6 nitrogen and oxygen atoms in total. The summed E-state index contributed by atoms with van der Waals surface area (Å²) < 4.78 is 1.93. The molecule has 29 heavy (non-hydrogen) atoms. The largest absolute Gasteiger partial charge is 0.348 e. The zero-order chi connectivity index (χ0) is 20.4. The van der Waals surface area contributed by atoms with Crippen molar-refractivity contribution in [3.8, 4) is 0 Å². The van der Waals surface area contributed by atoms with Gasteiger partial charge in [0.05, 0.1) is 29.0 Å². The molecule has 6 heteroatoms. The molecule has 0 bridgehead atoms. The van der Waals surface area contributed by atoms with Crippen molar-refractivity contribution in [1.82, 2.24) is 25.0 Å². The lowest BCUT2D eigenvalue weighted by Crippen LogP contribution is -2.41. The number of carbonyl (C=O) groups excluding carboxylic acids is 1. The summed E-state index contributed by atoms with van der Waals surface area (Å²) in [5, 5.41) is 8.61. The molecule has 1 fully saturated rings. The highest BCUT2D eigenvalue weighted by molar-refractivity contribution is 6.06. The van der Waals surface area contributed by atoms with E-state index >= 15 is 0 Å². The van der Waals surface area contributed by atoms with Crippen molar-refractivity contribution in [2.24, 2.45) is 0 Å². The van der Waals surface area contributed by atoms with Crippen LogP contribution in [-0.4, -0.2) is 51.2 Å². The average Bonchev–Trinajstić information content (AvgIpc) is 3.30. The quantitative estimate of drug-likeness (QED) is 0.700. The second-order valence-electron chi connectivity index (χ2n) is 8.15. The number of carbonyl (C=O) groups is 1. The van der Waals surface area contributed by atoms with Gasteiger partial charge in [0, 0.05) is 23.7 Å². The van der Waals surface area contributed by atoms with Gasteiger partial charge in [0.2, 0.25) is 0 Å². The van der Waals surface area contributed by atoms with Crippen molar-refractivity contribution in [2.45, 2.75) is 46.2 Å². The number of pyridine rings is 1. The first-order valence-electron chi connectivity index (χ1n) is 10.4. The Balaban J connectivity index is 1.59. The highest BCUT2D eigenvalue weighted by Crippen LogP contribution is 2.20. The van der Waals surface area contributed by atoms with Crippen LogP contribution in [0.15, 0.2) is 36.4 Å². The molecule has 1 aliphatic heterocycles. The van der Waals surface area contributed by atoms with E-state index in [-0.39, 0.29) is 11.9 Å². The molecule has 0 unspecified atom stereocenters. The maximum absolute atomic E-state index is 13.1. The Morgan fingerprint density at radius 3 is 2.66 bits per heavy atom. The molecule has 1 saturated heterocycles. The Labute approximate surface area is 171 Å². The van der Waals surface area contributed by atoms with E-state index < -0.39 is 0 Å². The van der Waals surface area contributed by atoms with Gasteiger partial charge in [-0.1, -0.05) is 18.2 Å². The van der Waals surface area contributed by atoms with Crippen LogP contribution in [0, 0.1) is 13.8 Å². The Morgan fingerprint density at radius 1 is 1.17 bits per heavy atom. The van der Waals surface area contributed by atoms with Crippen molar-refractivity contribution < 1.29 is 4.79 Å². The van der Waals surface area contributed by atoms with E-state index in [1.165, 1.54) is 12.8 Å². The summed E-state index contributed by atoms with van der Waals surface area (Å²) in [7, 11) is 0. The third-order valence-corrected chi connectivity index (χ3v) is 5.54. The lowest BCUT2D eigenvalue weighted by atomic mass is 10.1. The van der Waals surface area contributed by atoms with Crippen molar-refractivity contribution >= 4 is 16.8 Å². The summed E-state index contributed by atoms with van der Waals surface area (Å²) in [6.07, 6.45) is 2.51. The van der Waals surface area contributed by atoms with Crippen LogP contribution in [0.1, 0.15) is 47.2 Å².